The molecule has 0 aromatic carbocycles. The Morgan fingerprint density at radius 3 is 3.31 bits per heavy atom. The average Bonchev–Trinajstić information content (AvgIpc) is 2.96. The van der Waals surface area contributed by atoms with Gasteiger partial charge in [0.1, 0.15) is 4.88 Å². The van der Waals surface area contributed by atoms with Crippen molar-refractivity contribution in [3.05, 3.63) is 16.1 Å². The number of nitrogens with zero attached hydrogens (tertiary/aromatic N) is 1. The van der Waals surface area contributed by atoms with Crippen molar-refractivity contribution in [2.24, 2.45) is 0 Å². The molecule has 1 saturated heterocycles. The highest BCUT2D eigenvalue weighted by molar-refractivity contribution is 7.11. The number of amides is 1. The van der Waals surface area contributed by atoms with Gasteiger partial charge in [0.2, 0.25) is 0 Å². The summed E-state index contributed by atoms with van der Waals surface area (Å²) in [6, 6.07) is 0. The summed E-state index contributed by atoms with van der Waals surface area (Å²) in [5.74, 6) is -0.0187. The van der Waals surface area contributed by atoms with Crippen LogP contribution in [0.3, 0.4) is 0 Å². The van der Waals surface area contributed by atoms with Crippen LogP contribution in [-0.2, 0) is 11.2 Å². The smallest absolute Gasteiger partial charge is 0.263 e. The molecule has 0 aliphatic carbocycles. The Labute approximate surface area is 99.0 Å². The molecule has 1 aliphatic heterocycles. The number of hydrogen-bond acceptors (Lipinski definition) is 4. The van der Waals surface area contributed by atoms with E-state index in [1.54, 1.807) is 5.51 Å². The summed E-state index contributed by atoms with van der Waals surface area (Å²) >= 11 is 1.40. The van der Waals surface area contributed by atoms with Crippen molar-refractivity contribution < 1.29 is 9.53 Å². The summed E-state index contributed by atoms with van der Waals surface area (Å²) in [4.78, 5) is 16.7. The molecule has 5 heteroatoms. The second-order valence-electron chi connectivity index (χ2n) is 3.83. The quantitative estimate of drug-likeness (QED) is 0.870. The average molecular weight is 240 g/mol. The van der Waals surface area contributed by atoms with Gasteiger partial charge < -0.3 is 10.1 Å². The van der Waals surface area contributed by atoms with Crippen LogP contribution in [0.1, 0.15) is 35.1 Å². The maximum absolute atomic E-state index is 11.8. The molecular formula is C11H16N2O2S. The molecule has 16 heavy (non-hydrogen) atoms. The molecular weight excluding hydrogens is 224 g/mol. The summed E-state index contributed by atoms with van der Waals surface area (Å²) in [7, 11) is 0. The summed E-state index contributed by atoms with van der Waals surface area (Å²) in [5.41, 5.74) is 2.61. The van der Waals surface area contributed by atoms with Gasteiger partial charge in [-0.05, 0) is 19.3 Å². The van der Waals surface area contributed by atoms with E-state index in [0.717, 1.165) is 36.4 Å². The largest absolute Gasteiger partial charge is 0.376 e. The highest BCUT2D eigenvalue weighted by atomic mass is 32.1. The lowest BCUT2D eigenvalue weighted by atomic mass is 10.2. The van der Waals surface area contributed by atoms with E-state index in [-0.39, 0.29) is 12.0 Å². The Bertz CT molecular complexity index is 359. The summed E-state index contributed by atoms with van der Waals surface area (Å²) in [6.07, 6.45) is 3.14. The molecule has 1 amide bonds. The molecule has 88 valence electrons. The van der Waals surface area contributed by atoms with E-state index in [2.05, 4.69) is 10.3 Å². The third-order valence-electron chi connectivity index (χ3n) is 2.70. The van der Waals surface area contributed by atoms with E-state index < -0.39 is 0 Å². The Morgan fingerprint density at radius 1 is 1.75 bits per heavy atom. The number of carbonyl (C=O) groups excluding carboxylic acids is 1. The fourth-order valence-electron chi connectivity index (χ4n) is 1.80. The van der Waals surface area contributed by atoms with Gasteiger partial charge in [-0.25, -0.2) is 4.98 Å². The predicted molar refractivity (Wildman–Crippen MR) is 62.8 cm³/mol. The standard InChI is InChI=1S/C11H16N2O2S/c1-2-9-10(16-7-13-9)11(14)12-6-8-4-3-5-15-8/h7-8H,2-6H2,1H3,(H,12,14). The van der Waals surface area contributed by atoms with Crippen molar-refractivity contribution in [3.63, 3.8) is 0 Å². The normalized spacial score (nSPS) is 19.9. The lowest BCUT2D eigenvalue weighted by Crippen LogP contribution is -2.31. The number of aryl methyl sites for hydroxylation is 1. The fraction of sp³-hybridized carbons (Fsp3) is 0.636. The number of hydrogen-bond donors (Lipinski definition) is 1. The van der Waals surface area contributed by atoms with Gasteiger partial charge >= 0.3 is 0 Å². The minimum atomic E-state index is -0.0187. The minimum Gasteiger partial charge on any atom is -0.376 e. The molecule has 2 heterocycles. The van der Waals surface area contributed by atoms with E-state index >= 15 is 0 Å². The highest BCUT2D eigenvalue weighted by Crippen LogP contribution is 2.14. The van der Waals surface area contributed by atoms with Crippen molar-refractivity contribution in [3.8, 4) is 0 Å². The van der Waals surface area contributed by atoms with E-state index in [0.29, 0.717) is 6.54 Å². The lowest BCUT2D eigenvalue weighted by Gasteiger charge is -2.10. The Morgan fingerprint density at radius 2 is 2.62 bits per heavy atom. The number of thiazole rings is 1. The first kappa shape index (κ1) is 11.5. The molecule has 1 N–H and O–H groups in total. The van der Waals surface area contributed by atoms with Crippen LogP contribution in [0.5, 0.6) is 0 Å². The molecule has 1 unspecified atom stereocenters. The van der Waals surface area contributed by atoms with E-state index in [1.165, 1.54) is 11.3 Å². The van der Waals surface area contributed by atoms with Crippen molar-refractivity contribution >= 4 is 17.2 Å². The summed E-state index contributed by atoms with van der Waals surface area (Å²) < 4.78 is 5.45. The number of aromatic nitrogens is 1. The summed E-state index contributed by atoms with van der Waals surface area (Å²) in [5, 5.41) is 2.91. The highest BCUT2D eigenvalue weighted by Gasteiger charge is 2.18. The van der Waals surface area contributed by atoms with Gasteiger partial charge in [-0.2, -0.15) is 0 Å². The van der Waals surface area contributed by atoms with Crippen LogP contribution in [0.2, 0.25) is 0 Å². The first-order valence-corrected chi connectivity index (χ1v) is 6.51. The molecule has 1 aliphatic rings. The van der Waals surface area contributed by atoms with Crippen LogP contribution in [0, 0.1) is 0 Å². The molecule has 1 fully saturated rings. The Kier molecular flexibility index (Phi) is 3.90. The van der Waals surface area contributed by atoms with Crippen molar-refractivity contribution in [1.29, 1.82) is 0 Å². The minimum absolute atomic E-state index is 0.0187. The Hall–Kier alpha value is -0.940. The van der Waals surface area contributed by atoms with Crippen LogP contribution >= 0.6 is 11.3 Å². The fourth-order valence-corrected chi connectivity index (χ4v) is 2.60. The third kappa shape index (κ3) is 2.59. The van der Waals surface area contributed by atoms with Gasteiger partial charge in [0.25, 0.3) is 5.91 Å². The van der Waals surface area contributed by atoms with Crippen LogP contribution in [0.4, 0.5) is 0 Å². The van der Waals surface area contributed by atoms with Crippen LogP contribution in [0.25, 0.3) is 0 Å². The van der Waals surface area contributed by atoms with Crippen LogP contribution in [-0.4, -0.2) is 30.1 Å². The molecule has 0 spiro atoms. The third-order valence-corrected chi connectivity index (χ3v) is 3.56. The van der Waals surface area contributed by atoms with Crippen molar-refractivity contribution in [1.82, 2.24) is 10.3 Å². The monoisotopic (exact) mass is 240 g/mol. The zero-order valence-corrected chi connectivity index (χ0v) is 10.2. The van der Waals surface area contributed by atoms with Gasteiger partial charge in [0.15, 0.2) is 0 Å². The lowest BCUT2D eigenvalue weighted by molar-refractivity contribution is 0.0860. The molecule has 1 aromatic rings. The molecule has 1 atom stereocenters. The zero-order chi connectivity index (χ0) is 11.4. The first-order chi connectivity index (χ1) is 7.81. The van der Waals surface area contributed by atoms with Crippen molar-refractivity contribution in [2.45, 2.75) is 32.3 Å². The zero-order valence-electron chi connectivity index (χ0n) is 9.36. The van der Waals surface area contributed by atoms with E-state index in [1.807, 2.05) is 6.92 Å². The van der Waals surface area contributed by atoms with E-state index in [4.69, 9.17) is 4.74 Å². The van der Waals surface area contributed by atoms with Gasteiger partial charge in [-0.3, -0.25) is 4.79 Å². The van der Waals surface area contributed by atoms with Crippen LogP contribution in [0.15, 0.2) is 5.51 Å². The number of nitrogens with one attached hydrogen (secondary N) is 1. The molecule has 2 rings (SSSR count). The summed E-state index contributed by atoms with van der Waals surface area (Å²) in [6.45, 7) is 3.44. The molecule has 0 radical (unpaired) electrons. The van der Waals surface area contributed by atoms with Gasteiger partial charge in [-0.15, -0.1) is 11.3 Å². The Balaban J connectivity index is 1.87. The molecule has 1 aromatic heterocycles. The second kappa shape index (κ2) is 5.41. The first-order valence-electron chi connectivity index (χ1n) is 5.63. The molecule has 4 nitrogen and oxygen atoms in total. The van der Waals surface area contributed by atoms with Gasteiger partial charge in [0.05, 0.1) is 17.3 Å². The maximum atomic E-state index is 11.8. The van der Waals surface area contributed by atoms with Gasteiger partial charge in [-0.1, -0.05) is 6.92 Å². The topological polar surface area (TPSA) is 51.2 Å². The van der Waals surface area contributed by atoms with Crippen molar-refractivity contribution in [2.75, 3.05) is 13.2 Å². The second-order valence-corrected chi connectivity index (χ2v) is 4.68. The van der Waals surface area contributed by atoms with Gasteiger partial charge in [0, 0.05) is 13.2 Å². The van der Waals surface area contributed by atoms with Crippen LogP contribution < -0.4 is 5.32 Å². The number of rotatable bonds is 4. The number of carbonyl (C=O) groups is 1. The van der Waals surface area contributed by atoms with E-state index in [9.17, 15) is 4.79 Å². The number of ether oxygens (including phenoxy) is 1. The SMILES string of the molecule is CCc1ncsc1C(=O)NCC1CCCO1. The maximum Gasteiger partial charge on any atom is 0.263 e. The molecule has 0 bridgehead atoms. The predicted octanol–water partition coefficient (Wildman–Crippen LogP) is 1.61. The molecule has 0 saturated carbocycles.